The molecule has 2 aliphatic heterocycles. The van der Waals surface area contributed by atoms with Crippen LogP contribution in [-0.2, 0) is 43.3 Å². The maximum Gasteiger partial charge on any atom is 0.556 e. The molecule has 2 amide bonds. The predicted octanol–water partition coefficient (Wildman–Crippen LogP) is 2.01. The highest BCUT2D eigenvalue weighted by Gasteiger charge is 2.54. The van der Waals surface area contributed by atoms with Crippen LogP contribution < -0.4 is 11.1 Å². The van der Waals surface area contributed by atoms with Crippen LogP contribution in [0.2, 0.25) is 0 Å². The lowest BCUT2D eigenvalue weighted by Gasteiger charge is -2.48. The molecule has 1 fully saturated rings. The first-order chi connectivity index (χ1) is 20.0. The number of hydrogen-bond donors (Lipinski definition) is 2. The number of β-lactam (4-membered cyclic amide) rings is 1. The van der Waals surface area contributed by atoms with Gasteiger partial charge in [0.2, 0.25) is 12.5 Å². The zero-order chi connectivity index (χ0) is 32.1. The summed E-state index contributed by atoms with van der Waals surface area (Å²) in [6.45, 7) is 3.75. The van der Waals surface area contributed by atoms with Crippen LogP contribution >= 0.6 is 23.1 Å². The normalized spacial score (nSPS) is 18.9. The van der Waals surface area contributed by atoms with Crippen LogP contribution in [0, 0.1) is 5.41 Å². The monoisotopic (exact) mass is 651 g/mol. The Morgan fingerprint density at radius 1 is 1.23 bits per heavy atom. The molecular formula is C23H24F3N5O10S2. The minimum atomic E-state index is -4.73. The summed E-state index contributed by atoms with van der Waals surface area (Å²) in [7, 11) is 1.11. The second kappa shape index (κ2) is 13.3. The number of esters is 1. The molecule has 0 aromatic carbocycles. The number of anilines is 1. The Kier molecular flexibility index (Phi) is 10.3. The number of halogens is 3. The van der Waals surface area contributed by atoms with Crippen LogP contribution in [0.4, 0.5) is 23.1 Å². The molecule has 2 atom stereocenters. The first-order valence-corrected chi connectivity index (χ1v) is 13.8. The van der Waals surface area contributed by atoms with E-state index in [1.165, 1.54) is 26.2 Å². The van der Waals surface area contributed by atoms with Crippen molar-refractivity contribution in [1.82, 2.24) is 15.2 Å². The summed E-state index contributed by atoms with van der Waals surface area (Å²) in [6.07, 6.45) is -5.91. The van der Waals surface area contributed by atoms with Crippen LogP contribution in [0.3, 0.4) is 0 Å². The number of hydrogen-bond acceptors (Lipinski definition) is 15. The topological polar surface area (TPSA) is 198 Å². The van der Waals surface area contributed by atoms with Crippen molar-refractivity contribution in [3.8, 4) is 0 Å². The number of carbonyl (C=O) groups excluding carboxylic acids is 5. The van der Waals surface area contributed by atoms with Gasteiger partial charge in [-0.15, -0.1) is 23.1 Å². The van der Waals surface area contributed by atoms with Gasteiger partial charge in [-0.25, -0.2) is 24.3 Å². The fourth-order valence-corrected chi connectivity index (χ4v) is 4.96. The van der Waals surface area contributed by atoms with E-state index in [1.807, 2.05) is 0 Å². The molecule has 2 aliphatic rings. The summed E-state index contributed by atoms with van der Waals surface area (Å²) in [5.41, 5.74) is 3.84. The number of amides is 2. The van der Waals surface area contributed by atoms with Gasteiger partial charge in [0.1, 0.15) is 17.1 Å². The molecule has 43 heavy (non-hydrogen) atoms. The van der Waals surface area contributed by atoms with Crippen LogP contribution in [0.25, 0.3) is 0 Å². The van der Waals surface area contributed by atoms with Gasteiger partial charge in [0, 0.05) is 22.8 Å². The molecule has 0 bridgehead atoms. The molecule has 15 nitrogen and oxygen atoms in total. The Balaban J connectivity index is 1.81. The number of nitrogens with zero attached hydrogens (tertiary/aromatic N) is 3. The summed E-state index contributed by atoms with van der Waals surface area (Å²) in [4.78, 5) is 80.0. The van der Waals surface area contributed by atoms with Gasteiger partial charge < -0.3 is 25.4 Å². The fourth-order valence-electron chi connectivity index (χ4n) is 3.12. The highest BCUT2D eigenvalue weighted by molar-refractivity contribution is 8.00. The third kappa shape index (κ3) is 8.60. The summed E-state index contributed by atoms with van der Waals surface area (Å²) in [5, 5.41) is 6.50. The highest BCUT2D eigenvalue weighted by Crippen LogP contribution is 2.41. The van der Waals surface area contributed by atoms with E-state index < -0.39 is 71.1 Å². The highest BCUT2D eigenvalue weighted by atomic mass is 32.2. The van der Waals surface area contributed by atoms with Gasteiger partial charge in [-0.2, -0.15) is 18.0 Å². The van der Waals surface area contributed by atoms with Crippen LogP contribution in [0.5, 0.6) is 0 Å². The van der Waals surface area contributed by atoms with Gasteiger partial charge in [0.05, 0.1) is 12.5 Å². The Labute approximate surface area is 249 Å². The van der Waals surface area contributed by atoms with Crippen molar-refractivity contribution in [2.24, 2.45) is 10.6 Å². The number of nitrogens with two attached hydrogens (primary N) is 1. The van der Waals surface area contributed by atoms with E-state index in [-0.39, 0.29) is 28.2 Å². The smallest absolute Gasteiger partial charge is 0.466 e. The van der Waals surface area contributed by atoms with Crippen LogP contribution in [-0.4, -0.2) is 82.6 Å². The number of thioether (sulfide) groups is 1. The van der Waals surface area contributed by atoms with Gasteiger partial charge in [0.25, 0.3) is 11.8 Å². The third-order valence-electron chi connectivity index (χ3n) is 5.23. The molecule has 0 aliphatic carbocycles. The van der Waals surface area contributed by atoms with E-state index in [0.29, 0.717) is 6.08 Å². The maximum absolute atomic E-state index is 13.1. The number of fused-ring (bicyclic) bond motifs is 1. The molecular weight excluding hydrogens is 627 g/mol. The average molecular weight is 652 g/mol. The first-order valence-electron chi connectivity index (χ1n) is 11.9. The van der Waals surface area contributed by atoms with Crippen molar-refractivity contribution in [3.05, 3.63) is 34.7 Å². The summed E-state index contributed by atoms with van der Waals surface area (Å²) in [6, 6.07) is -1.28. The van der Waals surface area contributed by atoms with E-state index >= 15 is 0 Å². The molecule has 234 valence electrons. The third-order valence-corrected chi connectivity index (χ3v) is 7.21. The molecule has 3 rings (SSSR count). The number of nitrogens with one attached hydrogen (secondary N) is 1. The lowest BCUT2D eigenvalue weighted by Crippen LogP contribution is -2.70. The molecule has 1 aromatic rings. The van der Waals surface area contributed by atoms with E-state index in [1.54, 1.807) is 0 Å². The Hall–Kier alpha value is -4.33. The zero-order valence-electron chi connectivity index (χ0n) is 22.8. The lowest BCUT2D eigenvalue weighted by molar-refractivity contribution is -0.250. The number of thiazole rings is 1. The predicted molar refractivity (Wildman–Crippen MR) is 141 cm³/mol. The molecule has 3 heterocycles. The molecule has 0 spiro atoms. The number of methoxy groups -OCH3 is 1. The molecule has 1 aromatic heterocycles. The zero-order valence-corrected chi connectivity index (χ0v) is 24.4. The van der Waals surface area contributed by atoms with Gasteiger partial charge >= 0.3 is 24.3 Å². The van der Waals surface area contributed by atoms with Crippen molar-refractivity contribution >= 4 is 63.9 Å². The van der Waals surface area contributed by atoms with Crippen molar-refractivity contribution in [2.75, 3.05) is 25.2 Å². The molecule has 0 saturated carbocycles. The van der Waals surface area contributed by atoms with Crippen molar-refractivity contribution < 1.29 is 61.2 Å². The fraction of sp³-hybridized carbons (Fsp3) is 0.435. The standard InChI is InChI=1S/C23H24F3N5O10S2/c1-22(2,3)19(35)40-41-21(36)39-17-10(5-6-23(24,25)26)8-42-18-14(16(34)31(17)18)29-15(33)13(11-9-43-20(27)28-11)30-38-7-12(32)37-4/h5-6,9,14,18H,7-8H2,1-4H3,(H2,27,28)(H,29,33)/t14?,18-/m0/s1. The molecule has 1 saturated heterocycles. The summed E-state index contributed by atoms with van der Waals surface area (Å²) < 4.78 is 48.0. The number of carbonyl (C=O) groups is 5. The van der Waals surface area contributed by atoms with E-state index in [2.05, 4.69) is 30.0 Å². The van der Waals surface area contributed by atoms with Gasteiger partial charge in [-0.1, -0.05) is 5.16 Å². The van der Waals surface area contributed by atoms with Gasteiger partial charge in [-0.3, -0.25) is 14.5 Å². The van der Waals surface area contributed by atoms with Gasteiger partial charge in [0.15, 0.2) is 10.8 Å². The Morgan fingerprint density at radius 3 is 2.51 bits per heavy atom. The minimum Gasteiger partial charge on any atom is -0.466 e. The largest absolute Gasteiger partial charge is 0.556 e. The average Bonchev–Trinajstić information content (AvgIpc) is 3.35. The van der Waals surface area contributed by atoms with Crippen molar-refractivity contribution in [1.29, 1.82) is 0 Å². The second-order valence-electron chi connectivity index (χ2n) is 9.48. The number of aromatic nitrogens is 1. The van der Waals surface area contributed by atoms with E-state index in [0.717, 1.165) is 35.1 Å². The Morgan fingerprint density at radius 2 is 1.93 bits per heavy atom. The SMILES string of the molecule is COC(=O)CON=C(C(=O)NC1C(=O)N2C(OC(=O)OOC(=O)C(C)(C)C)=C(C=CC(F)(F)F)CS[C@@H]12)c1csc(N)n1. The van der Waals surface area contributed by atoms with Crippen molar-refractivity contribution in [3.63, 3.8) is 0 Å². The minimum absolute atomic E-state index is 0.0409. The van der Waals surface area contributed by atoms with Crippen molar-refractivity contribution in [2.45, 2.75) is 38.4 Å². The maximum atomic E-state index is 13.1. The summed E-state index contributed by atoms with van der Waals surface area (Å²) in [5.74, 6) is -4.44. The molecule has 0 radical (unpaired) electrons. The molecule has 3 N–H and O–H groups in total. The first kappa shape index (κ1) is 33.2. The number of rotatable bonds is 8. The van der Waals surface area contributed by atoms with E-state index in [9.17, 15) is 37.1 Å². The van der Waals surface area contributed by atoms with E-state index in [4.69, 9.17) is 15.3 Å². The van der Waals surface area contributed by atoms with Crippen LogP contribution in [0.1, 0.15) is 26.5 Å². The number of oxime groups is 1. The summed E-state index contributed by atoms with van der Waals surface area (Å²) >= 11 is 1.91. The number of nitrogen functional groups attached to an aromatic ring is 1. The quantitative estimate of drug-likeness (QED) is 0.136. The number of alkyl halides is 3. The lowest BCUT2D eigenvalue weighted by atomic mass is 9.98. The molecule has 20 heteroatoms. The molecule has 1 unspecified atom stereocenters. The number of allylic oxidation sites excluding steroid dienone is 2. The number of ether oxygens (including phenoxy) is 2. The van der Waals surface area contributed by atoms with Gasteiger partial charge in [-0.05, 0) is 26.8 Å². The van der Waals surface area contributed by atoms with Crippen LogP contribution in [0.15, 0.2) is 34.1 Å². The Bertz CT molecular complexity index is 1390. The second-order valence-corrected chi connectivity index (χ2v) is 11.5.